The van der Waals surface area contributed by atoms with Gasteiger partial charge in [-0.1, -0.05) is 23.7 Å². The molecule has 0 spiro atoms. The quantitative estimate of drug-likeness (QED) is 0.802. The van der Waals surface area contributed by atoms with Gasteiger partial charge in [0, 0.05) is 37.4 Å². The number of anilines is 1. The van der Waals surface area contributed by atoms with Crippen LogP contribution in [-0.2, 0) is 4.74 Å². The number of ether oxygens (including phenoxy) is 1. The molecule has 2 fully saturated rings. The van der Waals surface area contributed by atoms with Crippen molar-refractivity contribution in [3.8, 4) is 0 Å². The molecule has 0 N–H and O–H groups in total. The summed E-state index contributed by atoms with van der Waals surface area (Å²) in [4.78, 5) is 21.8. The Kier molecular flexibility index (Phi) is 5.60. The summed E-state index contributed by atoms with van der Waals surface area (Å²) in [5, 5.41) is 0.713. The Balaban J connectivity index is 1.55. The normalized spacial score (nSPS) is 20.6. The van der Waals surface area contributed by atoms with E-state index in [-0.39, 0.29) is 12.0 Å². The maximum Gasteiger partial charge on any atom is 0.257 e. The molecule has 6 heteroatoms. The van der Waals surface area contributed by atoms with Gasteiger partial charge in [0.15, 0.2) is 0 Å². The third-order valence-corrected chi connectivity index (χ3v) is 5.52. The molecule has 2 aliphatic heterocycles. The minimum Gasteiger partial charge on any atom is -0.370 e. The van der Waals surface area contributed by atoms with Gasteiger partial charge < -0.3 is 14.5 Å². The first-order valence-electron chi connectivity index (χ1n) is 9.59. The topological polar surface area (TPSA) is 45.7 Å². The minimum atomic E-state index is -0.0593. The van der Waals surface area contributed by atoms with Crippen LogP contribution in [0.3, 0.4) is 0 Å². The van der Waals surface area contributed by atoms with Crippen LogP contribution < -0.4 is 4.90 Å². The van der Waals surface area contributed by atoms with E-state index in [1.807, 2.05) is 41.3 Å². The van der Waals surface area contributed by atoms with Gasteiger partial charge >= 0.3 is 0 Å². The average molecular weight is 386 g/mol. The van der Waals surface area contributed by atoms with Crippen LogP contribution in [0.4, 0.5) is 5.82 Å². The molecule has 1 aromatic carbocycles. The number of benzene rings is 1. The number of rotatable bonds is 3. The van der Waals surface area contributed by atoms with Crippen molar-refractivity contribution in [2.75, 3.05) is 37.7 Å². The Bertz CT molecular complexity index is 790. The molecule has 1 amide bonds. The monoisotopic (exact) mass is 385 g/mol. The Morgan fingerprint density at radius 1 is 1.07 bits per heavy atom. The van der Waals surface area contributed by atoms with Gasteiger partial charge in [0.05, 0.1) is 12.2 Å². The highest BCUT2D eigenvalue weighted by molar-refractivity contribution is 6.30. The van der Waals surface area contributed by atoms with Gasteiger partial charge in [-0.05, 0) is 49.1 Å². The molecule has 4 rings (SSSR count). The van der Waals surface area contributed by atoms with Crippen molar-refractivity contribution in [2.24, 2.45) is 0 Å². The molecule has 2 saturated heterocycles. The van der Waals surface area contributed by atoms with Crippen molar-refractivity contribution < 1.29 is 9.53 Å². The Hall–Kier alpha value is -2.11. The third-order valence-electron chi connectivity index (χ3n) is 5.27. The highest BCUT2D eigenvalue weighted by Crippen LogP contribution is 2.28. The van der Waals surface area contributed by atoms with Crippen LogP contribution in [0.2, 0.25) is 5.02 Å². The summed E-state index contributed by atoms with van der Waals surface area (Å²) in [7, 11) is 0. The molecule has 2 aliphatic rings. The van der Waals surface area contributed by atoms with Crippen LogP contribution in [0, 0.1) is 0 Å². The Labute approximate surface area is 164 Å². The second-order valence-corrected chi connectivity index (χ2v) is 7.52. The zero-order valence-electron chi connectivity index (χ0n) is 15.3. The van der Waals surface area contributed by atoms with E-state index in [2.05, 4.69) is 9.88 Å². The summed E-state index contributed by atoms with van der Waals surface area (Å²) >= 11 is 6.00. The molecule has 0 saturated carbocycles. The predicted molar refractivity (Wildman–Crippen MR) is 106 cm³/mol. The third kappa shape index (κ3) is 4.09. The van der Waals surface area contributed by atoms with Crippen molar-refractivity contribution in [1.82, 2.24) is 9.88 Å². The summed E-state index contributed by atoms with van der Waals surface area (Å²) in [5.74, 6) is 0.850. The number of morpholine rings is 1. The largest absolute Gasteiger partial charge is 0.370 e. The molecule has 142 valence electrons. The molecule has 27 heavy (non-hydrogen) atoms. The van der Waals surface area contributed by atoms with Gasteiger partial charge in [0.1, 0.15) is 11.9 Å². The minimum absolute atomic E-state index is 0.0593. The van der Waals surface area contributed by atoms with Crippen LogP contribution in [0.5, 0.6) is 0 Å². The first-order chi connectivity index (χ1) is 13.2. The van der Waals surface area contributed by atoms with Crippen molar-refractivity contribution in [2.45, 2.75) is 25.4 Å². The number of carbonyl (C=O) groups is 1. The molecule has 2 aromatic rings. The van der Waals surface area contributed by atoms with E-state index in [9.17, 15) is 4.79 Å². The van der Waals surface area contributed by atoms with Crippen LogP contribution in [0.1, 0.15) is 41.3 Å². The molecule has 3 heterocycles. The Morgan fingerprint density at radius 2 is 1.85 bits per heavy atom. The lowest BCUT2D eigenvalue weighted by Gasteiger charge is -2.35. The number of piperidine rings is 1. The molecule has 5 nitrogen and oxygen atoms in total. The van der Waals surface area contributed by atoms with Gasteiger partial charge in [-0.25, -0.2) is 4.98 Å². The van der Waals surface area contributed by atoms with Crippen LogP contribution in [0.25, 0.3) is 0 Å². The number of pyridine rings is 1. The summed E-state index contributed by atoms with van der Waals surface area (Å²) in [6.45, 7) is 3.66. The summed E-state index contributed by atoms with van der Waals surface area (Å²) in [6, 6.07) is 11.5. The first kappa shape index (κ1) is 18.3. The average Bonchev–Trinajstić information content (AvgIpc) is 2.74. The van der Waals surface area contributed by atoms with Gasteiger partial charge in [-0.2, -0.15) is 0 Å². The second kappa shape index (κ2) is 8.28. The molecule has 1 atom stereocenters. The van der Waals surface area contributed by atoms with Crippen molar-refractivity contribution >= 4 is 23.3 Å². The number of amides is 1. The zero-order valence-corrected chi connectivity index (χ0v) is 16.1. The van der Waals surface area contributed by atoms with Crippen molar-refractivity contribution in [3.05, 3.63) is 58.7 Å². The number of hydrogen-bond acceptors (Lipinski definition) is 4. The van der Waals surface area contributed by atoms with Crippen LogP contribution in [0.15, 0.2) is 42.6 Å². The second-order valence-electron chi connectivity index (χ2n) is 7.08. The van der Waals surface area contributed by atoms with Crippen molar-refractivity contribution in [3.63, 3.8) is 0 Å². The fourth-order valence-corrected chi connectivity index (χ4v) is 3.93. The molecule has 1 unspecified atom stereocenters. The van der Waals surface area contributed by atoms with Crippen LogP contribution in [-0.4, -0.2) is 48.6 Å². The van der Waals surface area contributed by atoms with E-state index in [0.717, 1.165) is 43.9 Å². The van der Waals surface area contributed by atoms with E-state index < -0.39 is 0 Å². The number of likely N-dealkylation sites (tertiary alicyclic amines) is 1. The fraction of sp³-hybridized carbons (Fsp3) is 0.429. The maximum absolute atomic E-state index is 13.1. The molecule has 0 bridgehead atoms. The lowest BCUT2D eigenvalue weighted by Crippen LogP contribution is -2.41. The first-order valence-corrected chi connectivity index (χ1v) is 9.96. The maximum atomic E-state index is 13.1. The number of hydrogen-bond donors (Lipinski definition) is 0. The molecule has 0 aliphatic carbocycles. The van der Waals surface area contributed by atoms with E-state index in [4.69, 9.17) is 16.3 Å². The zero-order chi connectivity index (χ0) is 18.6. The standard InChI is InChI=1S/C21H24ClN3O2/c22-17-8-6-16(7-9-17)19-15-25(13-14-27-19)20-18(5-4-10-23-20)21(26)24-11-2-1-3-12-24/h4-10,19H,1-3,11-15H2. The smallest absolute Gasteiger partial charge is 0.257 e. The van der Waals surface area contributed by atoms with E-state index >= 15 is 0 Å². The number of aromatic nitrogens is 1. The SMILES string of the molecule is O=C(c1cccnc1N1CCOC(c2ccc(Cl)cc2)C1)N1CCCCC1. The van der Waals surface area contributed by atoms with E-state index in [0.29, 0.717) is 23.7 Å². The number of carbonyl (C=O) groups excluding carboxylic acids is 1. The van der Waals surface area contributed by atoms with Gasteiger partial charge in [0.2, 0.25) is 0 Å². The number of halogens is 1. The molecular formula is C21H24ClN3O2. The summed E-state index contributed by atoms with van der Waals surface area (Å²) in [5.41, 5.74) is 1.78. The lowest BCUT2D eigenvalue weighted by molar-refractivity contribution is 0.0393. The molecule has 0 radical (unpaired) electrons. The highest BCUT2D eigenvalue weighted by Gasteiger charge is 2.28. The lowest BCUT2D eigenvalue weighted by atomic mass is 10.1. The summed E-state index contributed by atoms with van der Waals surface area (Å²) in [6.07, 6.45) is 5.07. The highest BCUT2D eigenvalue weighted by atomic mass is 35.5. The molecular weight excluding hydrogens is 362 g/mol. The summed E-state index contributed by atoms with van der Waals surface area (Å²) < 4.78 is 5.96. The van der Waals surface area contributed by atoms with Gasteiger partial charge in [0.25, 0.3) is 5.91 Å². The van der Waals surface area contributed by atoms with Gasteiger partial charge in [-0.15, -0.1) is 0 Å². The fourth-order valence-electron chi connectivity index (χ4n) is 3.80. The predicted octanol–water partition coefficient (Wildman–Crippen LogP) is 3.94. The number of nitrogens with zero attached hydrogens (tertiary/aromatic N) is 3. The van der Waals surface area contributed by atoms with Crippen molar-refractivity contribution in [1.29, 1.82) is 0 Å². The molecule has 1 aromatic heterocycles. The Morgan fingerprint density at radius 3 is 2.63 bits per heavy atom. The van der Waals surface area contributed by atoms with E-state index in [1.165, 1.54) is 6.42 Å². The van der Waals surface area contributed by atoms with Crippen LogP contribution >= 0.6 is 11.6 Å². The van der Waals surface area contributed by atoms with E-state index in [1.54, 1.807) is 6.20 Å². The van der Waals surface area contributed by atoms with Gasteiger partial charge in [-0.3, -0.25) is 4.79 Å².